The minimum atomic E-state index is -4.92. The number of nitrogens with zero attached hydrogens (tertiary/aromatic N) is 2. The summed E-state index contributed by atoms with van der Waals surface area (Å²) in [6, 6.07) is 4.00. The lowest BCUT2D eigenvalue weighted by Gasteiger charge is -2.09. The molecule has 0 aliphatic heterocycles. The zero-order valence-electron chi connectivity index (χ0n) is 14.0. The van der Waals surface area contributed by atoms with E-state index in [4.69, 9.17) is 4.74 Å². The summed E-state index contributed by atoms with van der Waals surface area (Å²) in [6.45, 7) is -0.903. The lowest BCUT2D eigenvalue weighted by Crippen LogP contribution is -2.36. The number of H-pyrrole nitrogens is 2. The molecule has 0 atom stereocenters. The first-order chi connectivity index (χ1) is 13.4. The van der Waals surface area contributed by atoms with Gasteiger partial charge in [-0.1, -0.05) is 6.07 Å². The molecule has 0 saturated heterocycles. The Bertz CT molecular complexity index is 1140. The van der Waals surface area contributed by atoms with Gasteiger partial charge in [-0.2, -0.15) is 18.2 Å². The third-order valence-corrected chi connectivity index (χ3v) is 3.48. The molecule has 0 spiro atoms. The van der Waals surface area contributed by atoms with Crippen LogP contribution in [0.25, 0.3) is 11.2 Å². The zero-order valence-corrected chi connectivity index (χ0v) is 14.0. The van der Waals surface area contributed by atoms with Gasteiger partial charge in [-0.05, 0) is 12.1 Å². The fraction of sp³-hybridized carbons (Fsp3) is 0.267. The Balaban J connectivity index is 1.89. The van der Waals surface area contributed by atoms with E-state index < -0.39 is 42.5 Å². The molecule has 14 heteroatoms. The van der Waals surface area contributed by atoms with Crippen LogP contribution in [0, 0.1) is 0 Å². The highest BCUT2D eigenvalue weighted by molar-refractivity contribution is 5.69. The number of hydrogen-bond acceptors (Lipinski definition) is 5. The van der Waals surface area contributed by atoms with E-state index in [0.29, 0.717) is 4.57 Å². The largest absolute Gasteiger partial charge is 0.573 e. The van der Waals surface area contributed by atoms with E-state index in [1.807, 2.05) is 0 Å². The minimum Gasteiger partial charge on any atom is -0.425 e. The van der Waals surface area contributed by atoms with Crippen molar-refractivity contribution in [3.05, 3.63) is 45.1 Å². The van der Waals surface area contributed by atoms with Crippen LogP contribution >= 0.6 is 0 Å². The molecule has 2 heterocycles. The third kappa shape index (κ3) is 5.08. The summed E-state index contributed by atoms with van der Waals surface area (Å²) in [5, 5.41) is 0. The van der Waals surface area contributed by atoms with E-state index in [1.165, 1.54) is 12.1 Å². The lowest BCUT2D eigenvalue weighted by atomic mass is 10.3. The van der Waals surface area contributed by atoms with Crippen molar-refractivity contribution in [1.82, 2.24) is 19.5 Å². The Morgan fingerprint density at radius 2 is 1.72 bits per heavy atom. The average Bonchev–Trinajstić information content (AvgIpc) is 2.94. The van der Waals surface area contributed by atoms with Gasteiger partial charge in [-0.3, -0.25) is 14.3 Å². The van der Waals surface area contributed by atoms with Crippen LogP contribution in [0.1, 0.15) is 6.42 Å². The van der Waals surface area contributed by atoms with Crippen LogP contribution in [-0.2, 0) is 6.54 Å². The number of rotatable bonds is 5. The van der Waals surface area contributed by atoms with E-state index in [0.717, 1.165) is 12.1 Å². The number of fused-ring (bicyclic) bond motifs is 1. The van der Waals surface area contributed by atoms with E-state index in [9.17, 15) is 35.9 Å². The maximum atomic E-state index is 12.4. The van der Waals surface area contributed by atoms with Crippen molar-refractivity contribution >= 4 is 11.2 Å². The summed E-state index contributed by atoms with van der Waals surface area (Å²) >= 11 is 0. The van der Waals surface area contributed by atoms with Gasteiger partial charge in [-0.25, -0.2) is 4.79 Å². The molecule has 0 saturated carbocycles. The molecule has 29 heavy (non-hydrogen) atoms. The van der Waals surface area contributed by atoms with Gasteiger partial charge >= 0.3 is 24.2 Å². The first-order valence-electron chi connectivity index (χ1n) is 7.74. The fourth-order valence-electron chi connectivity index (χ4n) is 2.33. The lowest BCUT2D eigenvalue weighted by molar-refractivity contribution is -0.274. The summed E-state index contributed by atoms with van der Waals surface area (Å²) < 4.78 is 83.2. The Kier molecular flexibility index (Phi) is 5.02. The number of hydrogen-bond donors (Lipinski definition) is 2. The number of imidazole rings is 1. The van der Waals surface area contributed by atoms with Crippen molar-refractivity contribution in [2.75, 3.05) is 0 Å². The van der Waals surface area contributed by atoms with Crippen molar-refractivity contribution < 1.29 is 35.8 Å². The second-order valence-corrected chi connectivity index (χ2v) is 5.64. The van der Waals surface area contributed by atoms with Gasteiger partial charge in [0.2, 0.25) is 0 Å². The number of ether oxygens (including phenoxy) is 2. The third-order valence-electron chi connectivity index (χ3n) is 3.48. The molecule has 2 N–H and O–H groups in total. The van der Waals surface area contributed by atoms with Gasteiger partial charge < -0.3 is 14.5 Å². The van der Waals surface area contributed by atoms with E-state index in [1.54, 1.807) is 0 Å². The van der Waals surface area contributed by atoms with Gasteiger partial charge in [0.1, 0.15) is 11.5 Å². The molecule has 0 aliphatic rings. The number of alkyl halides is 6. The maximum Gasteiger partial charge on any atom is 0.573 e. The second kappa shape index (κ2) is 7.18. The van der Waals surface area contributed by atoms with E-state index in [2.05, 4.69) is 19.7 Å². The highest BCUT2D eigenvalue weighted by Crippen LogP contribution is 2.28. The minimum absolute atomic E-state index is 0.148. The topological polar surface area (TPSA) is 102 Å². The highest BCUT2D eigenvalue weighted by atomic mass is 19.4. The van der Waals surface area contributed by atoms with Crippen LogP contribution in [0.5, 0.6) is 17.5 Å². The molecule has 0 bridgehead atoms. The van der Waals surface area contributed by atoms with Crippen molar-refractivity contribution in [3.63, 3.8) is 0 Å². The zero-order chi connectivity index (χ0) is 21.4. The SMILES string of the molecule is O=c1[nH]c2nc(Oc3cccc(OC(F)(F)F)c3)[nH]c2c(=O)n1CCC(F)(F)F. The molecule has 0 amide bonds. The Morgan fingerprint density at radius 1 is 1.03 bits per heavy atom. The van der Waals surface area contributed by atoms with Crippen LogP contribution in [-0.4, -0.2) is 32.1 Å². The predicted octanol–water partition coefficient (Wildman–Crippen LogP) is 3.06. The summed E-state index contributed by atoms with van der Waals surface area (Å²) in [7, 11) is 0. The first-order valence-corrected chi connectivity index (χ1v) is 7.74. The van der Waals surface area contributed by atoms with Crippen LogP contribution in [0.15, 0.2) is 33.9 Å². The molecule has 3 aromatic rings. The Morgan fingerprint density at radius 3 is 2.38 bits per heavy atom. The number of halogens is 6. The molecular weight excluding hydrogens is 414 g/mol. The van der Waals surface area contributed by atoms with Crippen LogP contribution < -0.4 is 20.7 Å². The molecule has 2 aromatic heterocycles. The van der Waals surface area contributed by atoms with Gasteiger partial charge in [0.15, 0.2) is 11.2 Å². The van der Waals surface area contributed by atoms with E-state index in [-0.39, 0.29) is 22.9 Å². The normalized spacial score (nSPS) is 12.3. The molecule has 0 aliphatic carbocycles. The van der Waals surface area contributed by atoms with Crippen molar-refractivity contribution in [2.45, 2.75) is 25.5 Å². The monoisotopic (exact) mass is 424 g/mol. The van der Waals surface area contributed by atoms with Gasteiger partial charge in [0, 0.05) is 12.6 Å². The van der Waals surface area contributed by atoms with Gasteiger partial charge in [0.05, 0.1) is 6.42 Å². The Labute approximate surface area is 155 Å². The molecule has 0 radical (unpaired) electrons. The van der Waals surface area contributed by atoms with Crippen LogP contribution in [0.2, 0.25) is 0 Å². The molecular formula is C15H10F6N4O4. The second-order valence-electron chi connectivity index (χ2n) is 5.64. The number of aromatic nitrogens is 4. The summed E-state index contributed by atoms with van der Waals surface area (Å²) in [5.74, 6) is -0.723. The molecule has 156 valence electrons. The quantitative estimate of drug-likeness (QED) is 0.613. The summed E-state index contributed by atoms with van der Waals surface area (Å²) in [5.41, 5.74) is -2.81. The molecule has 3 rings (SSSR count). The van der Waals surface area contributed by atoms with Gasteiger partial charge in [-0.15, -0.1) is 13.2 Å². The van der Waals surface area contributed by atoms with Crippen molar-refractivity contribution in [3.8, 4) is 17.5 Å². The summed E-state index contributed by atoms with van der Waals surface area (Å²) in [4.78, 5) is 32.3. The predicted molar refractivity (Wildman–Crippen MR) is 84.8 cm³/mol. The fourth-order valence-corrected chi connectivity index (χ4v) is 2.33. The molecule has 0 unspecified atom stereocenters. The number of nitrogens with one attached hydrogen (secondary N) is 2. The number of benzene rings is 1. The summed E-state index contributed by atoms with van der Waals surface area (Å²) in [6.07, 6.45) is -10.9. The standard InChI is InChI=1S/C15H10F6N4O4/c16-14(17,18)4-5-25-11(26)9-10(24-13(25)27)23-12(22-9)28-7-2-1-3-8(6-7)29-15(19,20)21/h1-3,6H,4-5H2,(H,22,23)(H,24,27). The molecule has 1 aromatic carbocycles. The number of aromatic amines is 2. The van der Waals surface area contributed by atoms with Crippen LogP contribution in [0.3, 0.4) is 0 Å². The first kappa shape index (κ1) is 20.3. The van der Waals surface area contributed by atoms with Crippen LogP contribution in [0.4, 0.5) is 26.3 Å². The van der Waals surface area contributed by atoms with Gasteiger partial charge in [0.25, 0.3) is 5.56 Å². The van der Waals surface area contributed by atoms with E-state index >= 15 is 0 Å². The average molecular weight is 424 g/mol. The molecule has 8 nitrogen and oxygen atoms in total. The highest BCUT2D eigenvalue weighted by Gasteiger charge is 2.31. The smallest absolute Gasteiger partial charge is 0.425 e. The van der Waals surface area contributed by atoms with Crippen molar-refractivity contribution in [2.24, 2.45) is 0 Å². The Hall–Kier alpha value is -3.45. The molecule has 0 fully saturated rings. The maximum absolute atomic E-state index is 12.4. The van der Waals surface area contributed by atoms with Crippen molar-refractivity contribution in [1.29, 1.82) is 0 Å².